The quantitative estimate of drug-likeness (QED) is 0.794. The van der Waals surface area contributed by atoms with E-state index in [1.54, 1.807) is 19.1 Å². The van der Waals surface area contributed by atoms with Gasteiger partial charge in [-0.1, -0.05) is 0 Å². The molecule has 0 bridgehead atoms. The second-order valence-corrected chi connectivity index (χ2v) is 8.74. The highest BCUT2D eigenvalue weighted by molar-refractivity contribution is 7.89. The number of benzene rings is 1. The molecule has 1 aromatic heterocycles. The summed E-state index contributed by atoms with van der Waals surface area (Å²) < 4.78 is 32.4. The van der Waals surface area contributed by atoms with Gasteiger partial charge in [-0.25, -0.2) is 13.2 Å². The van der Waals surface area contributed by atoms with Gasteiger partial charge in [0.1, 0.15) is 4.88 Å². The minimum atomic E-state index is -3.76. The summed E-state index contributed by atoms with van der Waals surface area (Å²) >= 11 is 1.24. The summed E-state index contributed by atoms with van der Waals surface area (Å²) in [5.41, 5.74) is 0. The van der Waals surface area contributed by atoms with E-state index in [4.69, 9.17) is 9.84 Å². The number of carboxylic acids is 1. The lowest BCUT2D eigenvalue weighted by Crippen LogP contribution is -2.30. The molecule has 0 spiro atoms. The molecule has 134 valence electrons. The average Bonchev–Trinajstić information content (AvgIpc) is 3.21. The Labute approximate surface area is 148 Å². The molecule has 1 saturated heterocycles. The number of hydrogen-bond donors (Lipinski definition) is 1. The first-order valence-corrected chi connectivity index (χ1v) is 10.0. The number of hydrogen-bond acceptors (Lipinski definition) is 6. The van der Waals surface area contributed by atoms with Crippen molar-refractivity contribution in [1.29, 1.82) is 0 Å². The third-order valence-electron chi connectivity index (χ3n) is 4.10. The number of carbonyl (C=O) groups excluding carboxylic acids is 1. The van der Waals surface area contributed by atoms with E-state index in [1.807, 2.05) is 0 Å². The Kier molecular flexibility index (Phi) is 4.81. The number of rotatable bonds is 5. The number of aliphatic carboxylic acids is 1. The van der Waals surface area contributed by atoms with Gasteiger partial charge in [-0.3, -0.25) is 4.79 Å². The Bertz CT molecular complexity index is 933. The SMILES string of the molecule is CCOC(=O)c1cc2cc(S(=O)(=O)N3CCC(C(=O)O)C3)ccc2s1. The number of carbonyl (C=O) groups is 2. The van der Waals surface area contributed by atoms with Crippen LogP contribution in [-0.4, -0.2) is 49.5 Å². The van der Waals surface area contributed by atoms with Crippen LogP contribution in [0, 0.1) is 5.92 Å². The van der Waals surface area contributed by atoms with Crippen LogP contribution in [0.5, 0.6) is 0 Å². The van der Waals surface area contributed by atoms with Gasteiger partial charge in [0.2, 0.25) is 10.0 Å². The van der Waals surface area contributed by atoms with E-state index in [0.29, 0.717) is 16.7 Å². The second kappa shape index (κ2) is 6.74. The van der Waals surface area contributed by atoms with Gasteiger partial charge in [0, 0.05) is 17.8 Å². The zero-order chi connectivity index (χ0) is 18.2. The number of thiophene rings is 1. The van der Waals surface area contributed by atoms with Crippen LogP contribution in [0.15, 0.2) is 29.2 Å². The Morgan fingerprint density at radius 1 is 1.36 bits per heavy atom. The molecule has 3 rings (SSSR count). The molecule has 2 aromatic rings. The van der Waals surface area contributed by atoms with E-state index in [1.165, 1.54) is 27.8 Å². The molecule has 0 aliphatic carbocycles. The molecule has 1 atom stereocenters. The standard InChI is InChI=1S/C16H17NO6S2/c1-2-23-16(20)14-8-11-7-12(3-4-13(11)24-14)25(21,22)17-6-5-10(9-17)15(18)19/h3-4,7-8,10H,2,5-6,9H2,1H3,(H,18,19). The Balaban J connectivity index is 1.90. The van der Waals surface area contributed by atoms with Gasteiger partial charge in [-0.15, -0.1) is 11.3 Å². The molecule has 7 nitrogen and oxygen atoms in total. The van der Waals surface area contributed by atoms with Gasteiger partial charge < -0.3 is 9.84 Å². The Hall–Kier alpha value is -1.97. The fraction of sp³-hybridized carbons (Fsp3) is 0.375. The second-order valence-electron chi connectivity index (χ2n) is 5.72. The third-order valence-corrected chi connectivity index (χ3v) is 7.06. The van der Waals surface area contributed by atoms with Gasteiger partial charge in [0.05, 0.1) is 17.4 Å². The molecule has 1 fully saturated rings. The summed E-state index contributed by atoms with van der Waals surface area (Å²) in [5, 5.41) is 9.68. The van der Waals surface area contributed by atoms with Crippen molar-refractivity contribution in [3.8, 4) is 0 Å². The number of nitrogens with zero attached hydrogens (tertiary/aromatic N) is 1. The highest BCUT2D eigenvalue weighted by Gasteiger charge is 2.35. The van der Waals surface area contributed by atoms with Crippen molar-refractivity contribution < 1.29 is 27.9 Å². The zero-order valence-corrected chi connectivity index (χ0v) is 15.1. The maximum absolute atomic E-state index is 12.7. The minimum absolute atomic E-state index is 0.0204. The molecular weight excluding hydrogens is 366 g/mol. The van der Waals surface area contributed by atoms with E-state index in [9.17, 15) is 18.0 Å². The molecule has 1 aliphatic heterocycles. The van der Waals surface area contributed by atoms with Crippen LogP contribution in [-0.2, 0) is 19.6 Å². The smallest absolute Gasteiger partial charge is 0.348 e. The first kappa shape index (κ1) is 17.8. The predicted molar refractivity (Wildman–Crippen MR) is 92.3 cm³/mol. The summed E-state index contributed by atoms with van der Waals surface area (Å²) in [5.74, 6) is -2.09. The fourth-order valence-corrected chi connectivity index (χ4v) is 5.25. The van der Waals surface area contributed by atoms with Crippen LogP contribution in [0.2, 0.25) is 0 Å². The van der Waals surface area contributed by atoms with Crippen molar-refractivity contribution in [2.24, 2.45) is 5.92 Å². The number of ether oxygens (including phenoxy) is 1. The molecule has 9 heteroatoms. The maximum Gasteiger partial charge on any atom is 0.348 e. The highest BCUT2D eigenvalue weighted by atomic mass is 32.2. The molecule has 1 N–H and O–H groups in total. The van der Waals surface area contributed by atoms with Crippen molar-refractivity contribution in [2.75, 3.05) is 19.7 Å². The first-order valence-electron chi connectivity index (χ1n) is 7.76. The monoisotopic (exact) mass is 383 g/mol. The van der Waals surface area contributed by atoms with Crippen molar-refractivity contribution in [2.45, 2.75) is 18.2 Å². The number of fused-ring (bicyclic) bond motifs is 1. The minimum Gasteiger partial charge on any atom is -0.481 e. The van der Waals surface area contributed by atoms with Crippen LogP contribution in [0.4, 0.5) is 0 Å². The number of sulfonamides is 1. The van der Waals surface area contributed by atoms with E-state index in [-0.39, 0.29) is 24.6 Å². The van der Waals surface area contributed by atoms with Crippen LogP contribution >= 0.6 is 11.3 Å². The number of carboxylic acid groups (broad SMARTS) is 1. The lowest BCUT2D eigenvalue weighted by molar-refractivity contribution is -0.141. The summed E-state index contributed by atoms with van der Waals surface area (Å²) in [4.78, 5) is 23.4. The van der Waals surface area contributed by atoms with Crippen LogP contribution < -0.4 is 0 Å². The molecule has 25 heavy (non-hydrogen) atoms. The summed E-state index contributed by atoms with van der Waals surface area (Å²) in [6, 6.07) is 6.26. The Morgan fingerprint density at radius 2 is 2.12 bits per heavy atom. The van der Waals surface area contributed by atoms with Crippen LogP contribution in [0.25, 0.3) is 10.1 Å². The molecular formula is C16H17NO6S2. The van der Waals surface area contributed by atoms with E-state index in [2.05, 4.69) is 0 Å². The van der Waals surface area contributed by atoms with Gasteiger partial charge >= 0.3 is 11.9 Å². The molecule has 0 amide bonds. The normalized spacial score (nSPS) is 18.5. The lowest BCUT2D eigenvalue weighted by atomic mass is 10.1. The summed E-state index contributed by atoms with van der Waals surface area (Å²) in [7, 11) is -3.76. The van der Waals surface area contributed by atoms with Crippen molar-refractivity contribution >= 4 is 43.4 Å². The summed E-state index contributed by atoms with van der Waals surface area (Å²) in [6.45, 7) is 2.16. The predicted octanol–water partition coefficient (Wildman–Crippen LogP) is 2.17. The van der Waals surface area contributed by atoms with Crippen molar-refractivity contribution in [3.05, 3.63) is 29.1 Å². The molecule has 1 aromatic carbocycles. The maximum atomic E-state index is 12.7. The topological polar surface area (TPSA) is 101 Å². The van der Waals surface area contributed by atoms with E-state index in [0.717, 1.165) is 4.70 Å². The summed E-state index contributed by atoms with van der Waals surface area (Å²) in [6.07, 6.45) is 0.308. The van der Waals surface area contributed by atoms with Crippen LogP contribution in [0.3, 0.4) is 0 Å². The van der Waals surface area contributed by atoms with Crippen molar-refractivity contribution in [3.63, 3.8) is 0 Å². The Morgan fingerprint density at radius 3 is 2.76 bits per heavy atom. The molecule has 0 radical (unpaired) electrons. The van der Waals surface area contributed by atoms with Gasteiger partial charge in [-0.05, 0) is 43.0 Å². The van der Waals surface area contributed by atoms with Gasteiger partial charge in [0.25, 0.3) is 0 Å². The highest BCUT2D eigenvalue weighted by Crippen LogP contribution is 2.31. The van der Waals surface area contributed by atoms with Crippen molar-refractivity contribution in [1.82, 2.24) is 4.31 Å². The fourth-order valence-electron chi connectivity index (χ4n) is 2.78. The third kappa shape index (κ3) is 3.39. The molecule has 0 saturated carbocycles. The van der Waals surface area contributed by atoms with E-state index < -0.39 is 27.9 Å². The first-order chi connectivity index (χ1) is 11.8. The number of esters is 1. The van der Waals surface area contributed by atoms with Crippen LogP contribution in [0.1, 0.15) is 23.0 Å². The zero-order valence-electron chi connectivity index (χ0n) is 13.5. The van der Waals surface area contributed by atoms with Gasteiger partial charge in [0.15, 0.2) is 0 Å². The van der Waals surface area contributed by atoms with E-state index >= 15 is 0 Å². The molecule has 1 unspecified atom stereocenters. The average molecular weight is 383 g/mol. The largest absolute Gasteiger partial charge is 0.481 e. The lowest BCUT2D eigenvalue weighted by Gasteiger charge is -2.16. The molecule has 1 aliphatic rings. The van der Waals surface area contributed by atoms with Gasteiger partial charge in [-0.2, -0.15) is 4.31 Å². The molecule has 2 heterocycles.